The Bertz CT molecular complexity index is 823. The molecule has 1 heterocycles. The van der Waals surface area contributed by atoms with Gasteiger partial charge in [0, 0.05) is 18.3 Å². The highest BCUT2D eigenvalue weighted by Crippen LogP contribution is 2.39. The summed E-state index contributed by atoms with van der Waals surface area (Å²) in [6.45, 7) is 1.18. The van der Waals surface area contributed by atoms with Crippen LogP contribution in [0, 0.1) is 0 Å². The molecule has 0 bridgehead atoms. The van der Waals surface area contributed by atoms with Crippen molar-refractivity contribution in [3.8, 4) is 5.75 Å². The molecular formula is C20H21F3N2O2. The summed E-state index contributed by atoms with van der Waals surface area (Å²) in [5.74, 6) is -0.511. The minimum absolute atomic E-state index is 0.0529. The number of alkyl halides is 3. The topological polar surface area (TPSA) is 55.6 Å². The van der Waals surface area contributed by atoms with Crippen LogP contribution in [0.25, 0.3) is 0 Å². The van der Waals surface area contributed by atoms with E-state index in [0.717, 1.165) is 16.8 Å². The average Bonchev–Trinajstić information content (AvgIpc) is 2.62. The molecule has 1 amide bonds. The SMILES string of the molecule is CC1CC(C(N)=O)c2ccccc2N1Cc1cccc(OCC(F)(F)F)c1. The lowest BCUT2D eigenvalue weighted by atomic mass is 9.85. The van der Waals surface area contributed by atoms with Gasteiger partial charge in [0.1, 0.15) is 5.75 Å². The first-order chi connectivity index (χ1) is 12.7. The minimum Gasteiger partial charge on any atom is -0.484 e. The van der Waals surface area contributed by atoms with Gasteiger partial charge >= 0.3 is 6.18 Å². The molecule has 4 nitrogen and oxygen atoms in total. The summed E-state index contributed by atoms with van der Waals surface area (Å²) in [6.07, 6.45) is -3.78. The number of rotatable bonds is 5. The fourth-order valence-electron chi connectivity index (χ4n) is 3.48. The van der Waals surface area contributed by atoms with Gasteiger partial charge in [-0.15, -0.1) is 0 Å². The van der Waals surface area contributed by atoms with Crippen LogP contribution in [0.2, 0.25) is 0 Å². The van der Waals surface area contributed by atoms with E-state index < -0.39 is 12.8 Å². The zero-order valence-corrected chi connectivity index (χ0v) is 14.9. The van der Waals surface area contributed by atoms with E-state index in [1.807, 2.05) is 37.3 Å². The summed E-state index contributed by atoms with van der Waals surface area (Å²) in [4.78, 5) is 14.0. The summed E-state index contributed by atoms with van der Waals surface area (Å²) >= 11 is 0. The summed E-state index contributed by atoms with van der Waals surface area (Å²) in [5, 5.41) is 0. The Hall–Kier alpha value is -2.70. The molecule has 2 aromatic carbocycles. The molecule has 2 unspecified atom stereocenters. The first-order valence-corrected chi connectivity index (χ1v) is 8.68. The molecule has 0 aliphatic carbocycles. The highest BCUT2D eigenvalue weighted by molar-refractivity contribution is 5.85. The third kappa shape index (κ3) is 4.53. The van der Waals surface area contributed by atoms with Crippen molar-refractivity contribution in [3.63, 3.8) is 0 Å². The van der Waals surface area contributed by atoms with Crippen molar-refractivity contribution in [1.29, 1.82) is 0 Å². The van der Waals surface area contributed by atoms with Crippen molar-refractivity contribution in [2.45, 2.75) is 38.0 Å². The number of hydrogen-bond donors (Lipinski definition) is 1. The number of nitrogens with two attached hydrogens (primary N) is 1. The van der Waals surface area contributed by atoms with Crippen molar-refractivity contribution >= 4 is 11.6 Å². The number of anilines is 1. The molecular weight excluding hydrogens is 357 g/mol. The molecule has 0 radical (unpaired) electrons. The van der Waals surface area contributed by atoms with E-state index in [1.54, 1.807) is 12.1 Å². The lowest BCUT2D eigenvalue weighted by Crippen LogP contribution is -2.41. The maximum absolute atomic E-state index is 12.4. The zero-order chi connectivity index (χ0) is 19.6. The van der Waals surface area contributed by atoms with Crippen LogP contribution in [-0.2, 0) is 11.3 Å². The standard InChI is InChI=1S/C20H21F3N2O2/c1-13-9-17(19(24)26)16-7-2-3-8-18(16)25(13)11-14-5-4-6-15(10-14)27-12-20(21,22)23/h2-8,10,13,17H,9,11-12H2,1H3,(H2,24,26). The maximum Gasteiger partial charge on any atom is 0.422 e. The largest absolute Gasteiger partial charge is 0.484 e. The second-order valence-electron chi connectivity index (χ2n) is 6.78. The van der Waals surface area contributed by atoms with Gasteiger partial charge in [-0.05, 0) is 42.7 Å². The van der Waals surface area contributed by atoms with Crippen LogP contribution in [0.5, 0.6) is 5.75 Å². The van der Waals surface area contributed by atoms with Crippen molar-refractivity contribution in [2.24, 2.45) is 5.73 Å². The second kappa shape index (κ2) is 7.50. The summed E-state index contributed by atoms with van der Waals surface area (Å²) in [5.41, 5.74) is 8.19. The van der Waals surface area contributed by atoms with Crippen LogP contribution in [0.4, 0.5) is 18.9 Å². The first kappa shape index (κ1) is 19.1. The number of para-hydroxylation sites is 1. The van der Waals surface area contributed by atoms with Crippen LogP contribution in [0.1, 0.15) is 30.4 Å². The summed E-state index contributed by atoms with van der Waals surface area (Å²) < 4.78 is 41.9. The molecule has 2 N–H and O–H groups in total. The van der Waals surface area contributed by atoms with E-state index in [2.05, 4.69) is 4.90 Å². The van der Waals surface area contributed by atoms with Crippen molar-refractivity contribution in [1.82, 2.24) is 0 Å². The van der Waals surface area contributed by atoms with Gasteiger partial charge in [0.15, 0.2) is 6.61 Å². The number of halogens is 3. The van der Waals surface area contributed by atoms with Crippen molar-refractivity contribution in [2.75, 3.05) is 11.5 Å². The first-order valence-electron chi connectivity index (χ1n) is 8.68. The zero-order valence-electron chi connectivity index (χ0n) is 14.9. The van der Waals surface area contributed by atoms with Gasteiger partial charge in [-0.1, -0.05) is 30.3 Å². The van der Waals surface area contributed by atoms with Crippen LogP contribution in [0.3, 0.4) is 0 Å². The Morgan fingerprint density at radius 2 is 1.96 bits per heavy atom. The van der Waals surface area contributed by atoms with Crippen LogP contribution >= 0.6 is 0 Å². The molecule has 0 saturated heterocycles. The van der Waals surface area contributed by atoms with Crippen LogP contribution in [0.15, 0.2) is 48.5 Å². The average molecular weight is 378 g/mol. The third-order valence-electron chi connectivity index (χ3n) is 4.73. The molecule has 144 valence electrons. The maximum atomic E-state index is 12.4. The minimum atomic E-state index is -4.37. The normalized spacial score (nSPS) is 19.5. The van der Waals surface area contributed by atoms with Gasteiger partial charge in [-0.2, -0.15) is 13.2 Å². The Labute approximate surface area is 155 Å². The van der Waals surface area contributed by atoms with Gasteiger partial charge in [0.2, 0.25) is 5.91 Å². The number of hydrogen-bond acceptors (Lipinski definition) is 3. The molecule has 2 aromatic rings. The number of primary amides is 1. The summed E-state index contributed by atoms with van der Waals surface area (Å²) in [7, 11) is 0. The lowest BCUT2D eigenvalue weighted by Gasteiger charge is -2.40. The number of nitrogens with zero attached hydrogens (tertiary/aromatic N) is 1. The molecule has 0 aromatic heterocycles. The van der Waals surface area contributed by atoms with Gasteiger partial charge < -0.3 is 15.4 Å². The number of fused-ring (bicyclic) bond motifs is 1. The number of carbonyl (C=O) groups is 1. The Balaban J connectivity index is 1.83. The van der Waals surface area contributed by atoms with Gasteiger partial charge in [-0.3, -0.25) is 4.79 Å². The van der Waals surface area contributed by atoms with Crippen LogP contribution in [-0.4, -0.2) is 24.7 Å². The Morgan fingerprint density at radius 1 is 1.22 bits per heavy atom. The Morgan fingerprint density at radius 3 is 2.67 bits per heavy atom. The fourth-order valence-corrected chi connectivity index (χ4v) is 3.48. The molecule has 3 rings (SSSR count). The lowest BCUT2D eigenvalue weighted by molar-refractivity contribution is -0.153. The van der Waals surface area contributed by atoms with Gasteiger partial charge in [0.25, 0.3) is 0 Å². The number of benzene rings is 2. The van der Waals surface area contributed by atoms with E-state index in [-0.39, 0.29) is 23.6 Å². The van der Waals surface area contributed by atoms with Gasteiger partial charge in [0.05, 0.1) is 5.92 Å². The fraction of sp³-hybridized carbons (Fsp3) is 0.350. The summed E-state index contributed by atoms with van der Waals surface area (Å²) in [6, 6.07) is 14.3. The number of carbonyl (C=O) groups excluding carboxylic acids is 1. The van der Waals surface area contributed by atoms with Crippen molar-refractivity contribution < 1.29 is 22.7 Å². The molecule has 2 atom stereocenters. The molecule has 0 fully saturated rings. The van der Waals surface area contributed by atoms with Gasteiger partial charge in [-0.25, -0.2) is 0 Å². The van der Waals surface area contributed by atoms with E-state index in [9.17, 15) is 18.0 Å². The molecule has 7 heteroatoms. The van der Waals surface area contributed by atoms with Crippen molar-refractivity contribution in [3.05, 3.63) is 59.7 Å². The third-order valence-corrected chi connectivity index (χ3v) is 4.73. The predicted molar refractivity (Wildman–Crippen MR) is 96.6 cm³/mol. The molecule has 1 aliphatic rings. The number of amides is 1. The smallest absolute Gasteiger partial charge is 0.422 e. The molecule has 27 heavy (non-hydrogen) atoms. The Kier molecular flexibility index (Phi) is 5.30. The molecule has 0 saturated carbocycles. The highest BCUT2D eigenvalue weighted by atomic mass is 19.4. The van der Waals surface area contributed by atoms with E-state index in [0.29, 0.717) is 13.0 Å². The van der Waals surface area contributed by atoms with E-state index in [4.69, 9.17) is 10.5 Å². The monoisotopic (exact) mass is 378 g/mol. The quantitative estimate of drug-likeness (QED) is 0.856. The molecule has 0 spiro atoms. The van der Waals surface area contributed by atoms with Crippen LogP contribution < -0.4 is 15.4 Å². The van der Waals surface area contributed by atoms with E-state index >= 15 is 0 Å². The highest BCUT2D eigenvalue weighted by Gasteiger charge is 2.33. The molecule has 1 aliphatic heterocycles. The van der Waals surface area contributed by atoms with E-state index in [1.165, 1.54) is 6.07 Å². The second-order valence-corrected chi connectivity index (χ2v) is 6.78. The predicted octanol–water partition coefficient (Wildman–Crippen LogP) is 4.00. The number of ether oxygens (including phenoxy) is 1.